The van der Waals surface area contributed by atoms with E-state index in [-0.39, 0.29) is 29.5 Å². The Morgan fingerprint density at radius 2 is 1.44 bits per heavy atom. The third-order valence-corrected chi connectivity index (χ3v) is 7.18. The average Bonchev–Trinajstić information content (AvgIpc) is 2.87. The molecule has 0 bridgehead atoms. The first kappa shape index (κ1) is 29.8. The van der Waals surface area contributed by atoms with Crippen molar-refractivity contribution in [3.8, 4) is 11.1 Å². The zero-order valence-corrected chi connectivity index (χ0v) is 22.0. The number of hydrogen-bond donors (Lipinski definition) is 2. The van der Waals surface area contributed by atoms with Crippen LogP contribution < -0.4 is 16.0 Å². The van der Waals surface area contributed by atoms with Crippen LogP contribution in [0.4, 0.5) is 42.1 Å². The lowest BCUT2D eigenvalue weighted by molar-refractivity contribution is -0.138. The van der Waals surface area contributed by atoms with Gasteiger partial charge in [0.05, 0.1) is 28.1 Å². The van der Waals surface area contributed by atoms with Crippen LogP contribution in [0.1, 0.15) is 40.1 Å². The van der Waals surface area contributed by atoms with E-state index in [4.69, 9.17) is 5.73 Å². The van der Waals surface area contributed by atoms with E-state index in [2.05, 4.69) is 10.2 Å². The van der Waals surface area contributed by atoms with Crippen LogP contribution in [0.25, 0.3) is 11.1 Å². The van der Waals surface area contributed by atoms with Crippen LogP contribution in [0.15, 0.2) is 42.5 Å². The maximum atomic E-state index is 15.6. The van der Waals surface area contributed by atoms with Crippen molar-refractivity contribution in [1.29, 1.82) is 0 Å². The van der Waals surface area contributed by atoms with Gasteiger partial charge in [-0.25, -0.2) is 17.6 Å². The minimum Gasteiger partial charge on any atom is -0.367 e. The Labute approximate surface area is 230 Å². The number of nitrogens with two attached hydrogens (primary N) is 1. The van der Waals surface area contributed by atoms with Crippen LogP contribution in [0, 0.1) is 23.3 Å². The van der Waals surface area contributed by atoms with Crippen LogP contribution in [0.2, 0.25) is 0 Å². The molecule has 0 aliphatic carbocycles. The topological polar surface area (TPSA) is 78.7 Å². The summed E-state index contributed by atoms with van der Waals surface area (Å²) < 4.78 is 99.0. The zero-order chi connectivity index (χ0) is 30.4. The first-order valence-corrected chi connectivity index (χ1v) is 12.4. The number of primary amides is 1. The Balaban J connectivity index is 1.88. The number of rotatable bonds is 5. The van der Waals surface area contributed by atoms with Crippen LogP contribution in [-0.4, -0.2) is 48.9 Å². The molecule has 41 heavy (non-hydrogen) atoms. The first-order chi connectivity index (χ1) is 19.1. The Hall–Kier alpha value is -4.13. The minimum atomic E-state index is -5.07. The number of hydrogen-bond acceptors (Lipinski definition) is 4. The van der Waals surface area contributed by atoms with Gasteiger partial charge in [0.1, 0.15) is 23.3 Å². The van der Waals surface area contributed by atoms with E-state index >= 15 is 4.39 Å². The van der Waals surface area contributed by atoms with Gasteiger partial charge in [0.15, 0.2) is 0 Å². The molecule has 13 heteroatoms. The summed E-state index contributed by atoms with van der Waals surface area (Å²) in [7, 11) is 1.89. The molecule has 2 atom stereocenters. The predicted octanol–water partition coefficient (Wildman–Crippen LogP) is 5.81. The second-order valence-corrected chi connectivity index (χ2v) is 9.94. The molecule has 4 rings (SSSR count). The standard InChI is InChI=1S/C28H25F7N4O2/c1-13-11-39(12-14(2)38(13)3)25-10-23(32)18(17-7-19(26(36)40)22(31)9-21(17)30)8-24(25)37-27(41)16-5-4-15(29)6-20(16)28(33,34)35/h4-10,13-14H,11-12H2,1-3H3,(H2,36,40)(H,37,41)/t13-,14+. The van der Waals surface area contributed by atoms with E-state index in [0.717, 1.165) is 12.1 Å². The highest BCUT2D eigenvalue weighted by molar-refractivity contribution is 6.07. The lowest BCUT2D eigenvalue weighted by Crippen LogP contribution is -2.55. The van der Waals surface area contributed by atoms with Gasteiger partial charge in [-0.1, -0.05) is 0 Å². The normalized spacial score (nSPS) is 18.0. The molecule has 218 valence electrons. The summed E-state index contributed by atoms with van der Waals surface area (Å²) >= 11 is 0. The molecule has 6 nitrogen and oxygen atoms in total. The number of carbonyl (C=O) groups excluding carboxylic acids is 2. The van der Waals surface area contributed by atoms with Crippen molar-refractivity contribution >= 4 is 23.2 Å². The van der Waals surface area contributed by atoms with Crippen molar-refractivity contribution in [1.82, 2.24) is 4.90 Å². The highest BCUT2D eigenvalue weighted by Crippen LogP contribution is 2.39. The SMILES string of the molecule is C[C@@H]1CN(c2cc(F)c(-c3cc(C(N)=O)c(F)cc3F)cc2NC(=O)c2ccc(F)cc2C(F)(F)F)C[C@H](C)N1C. The smallest absolute Gasteiger partial charge is 0.367 e. The molecule has 3 N–H and O–H groups in total. The predicted molar refractivity (Wildman–Crippen MR) is 139 cm³/mol. The van der Waals surface area contributed by atoms with Gasteiger partial charge in [0.25, 0.3) is 11.8 Å². The maximum absolute atomic E-state index is 15.6. The summed E-state index contributed by atoms with van der Waals surface area (Å²) in [4.78, 5) is 28.6. The number of piperazine rings is 1. The zero-order valence-electron chi connectivity index (χ0n) is 22.0. The van der Waals surface area contributed by atoms with Gasteiger partial charge >= 0.3 is 6.18 Å². The third-order valence-electron chi connectivity index (χ3n) is 7.18. The molecule has 1 aliphatic heterocycles. The summed E-state index contributed by atoms with van der Waals surface area (Å²) in [5.41, 5.74) is 0.785. The summed E-state index contributed by atoms with van der Waals surface area (Å²) in [6.45, 7) is 4.48. The van der Waals surface area contributed by atoms with E-state index in [1.54, 1.807) is 4.90 Å². The summed E-state index contributed by atoms with van der Waals surface area (Å²) in [6, 6.07) is 4.43. The molecule has 1 saturated heterocycles. The molecule has 0 spiro atoms. The van der Waals surface area contributed by atoms with Crippen molar-refractivity contribution in [2.75, 3.05) is 30.4 Å². The van der Waals surface area contributed by atoms with Gasteiger partial charge in [0, 0.05) is 42.4 Å². The van der Waals surface area contributed by atoms with Crippen molar-refractivity contribution in [3.63, 3.8) is 0 Å². The Morgan fingerprint density at radius 3 is 2.02 bits per heavy atom. The number of nitrogens with zero attached hydrogens (tertiary/aromatic N) is 2. The number of benzene rings is 3. The molecule has 2 amide bonds. The minimum absolute atomic E-state index is 0.0494. The molecule has 0 radical (unpaired) electrons. The van der Waals surface area contributed by atoms with Crippen molar-refractivity contribution in [2.24, 2.45) is 5.73 Å². The van der Waals surface area contributed by atoms with Crippen LogP contribution in [0.5, 0.6) is 0 Å². The number of halogens is 7. The molecule has 0 unspecified atom stereocenters. The highest BCUT2D eigenvalue weighted by atomic mass is 19.4. The number of anilines is 2. The van der Waals surface area contributed by atoms with Crippen molar-refractivity contribution in [3.05, 3.63) is 82.4 Å². The van der Waals surface area contributed by atoms with Crippen LogP contribution >= 0.6 is 0 Å². The largest absolute Gasteiger partial charge is 0.417 e. The molecule has 1 heterocycles. The Bertz CT molecular complexity index is 1510. The molecule has 3 aromatic rings. The van der Waals surface area contributed by atoms with E-state index < -0.39 is 69.1 Å². The molecule has 1 fully saturated rings. The lowest BCUT2D eigenvalue weighted by atomic mass is 9.98. The van der Waals surface area contributed by atoms with Crippen molar-refractivity contribution in [2.45, 2.75) is 32.1 Å². The Kier molecular flexibility index (Phi) is 8.03. The molecular formula is C28H25F7N4O2. The summed E-state index contributed by atoms with van der Waals surface area (Å²) in [5, 5.41) is 2.33. The molecule has 0 saturated carbocycles. The number of nitrogens with one attached hydrogen (secondary N) is 1. The van der Waals surface area contributed by atoms with Gasteiger partial charge < -0.3 is 16.0 Å². The number of likely N-dealkylation sites (N-methyl/N-ethyl adjacent to an activating group) is 1. The van der Waals surface area contributed by atoms with Gasteiger partial charge in [-0.3, -0.25) is 14.5 Å². The number of carbonyl (C=O) groups is 2. The molecular weight excluding hydrogens is 557 g/mol. The molecule has 3 aromatic carbocycles. The number of amides is 2. The van der Waals surface area contributed by atoms with Gasteiger partial charge in [0.2, 0.25) is 0 Å². The van der Waals surface area contributed by atoms with Gasteiger partial charge in [-0.15, -0.1) is 0 Å². The van der Waals surface area contributed by atoms with E-state index in [9.17, 15) is 35.9 Å². The van der Waals surface area contributed by atoms with Gasteiger partial charge in [-0.2, -0.15) is 13.2 Å². The van der Waals surface area contributed by atoms with E-state index in [1.807, 2.05) is 20.9 Å². The van der Waals surface area contributed by atoms with Crippen LogP contribution in [-0.2, 0) is 6.18 Å². The lowest BCUT2D eigenvalue weighted by Gasteiger charge is -2.44. The maximum Gasteiger partial charge on any atom is 0.417 e. The summed E-state index contributed by atoms with van der Waals surface area (Å²) in [6.07, 6.45) is -5.07. The van der Waals surface area contributed by atoms with Gasteiger partial charge in [-0.05, 0) is 57.3 Å². The van der Waals surface area contributed by atoms with Crippen LogP contribution in [0.3, 0.4) is 0 Å². The second kappa shape index (κ2) is 11.0. The highest BCUT2D eigenvalue weighted by Gasteiger charge is 2.36. The first-order valence-electron chi connectivity index (χ1n) is 12.4. The quantitative estimate of drug-likeness (QED) is 0.373. The monoisotopic (exact) mass is 582 g/mol. The number of alkyl halides is 3. The molecule has 1 aliphatic rings. The second-order valence-electron chi connectivity index (χ2n) is 9.94. The average molecular weight is 583 g/mol. The molecule has 0 aromatic heterocycles. The van der Waals surface area contributed by atoms with E-state index in [0.29, 0.717) is 37.4 Å². The fourth-order valence-electron chi connectivity index (χ4n) is 4.81. The Morgan fingerprint density at radius 1 is 0.854 bits per heavy atom. The third kappa shape index (κ3) is 5.99. The fraction of sp³-hybridized carbons (Fsp3) is 0.286. The fourth-order valence-corrected chi connectivity index (χ4v) is 4.81. The van der Waals surface area contributed by atoms with E-state index in [1.165, 1.54) is 0 Å². The van der Waals surface area contributed by atoms with Crippen molar-refractivity contribution < 1.29 is 40.3 Å². The summed E-state index contributed by atoms with van der Waals surface area (Å²) in [5.74, 6) is -7.29.